The van der Waals surface area contributed by atoms with Crippen molar-refractivity contribution < 1.29 is 22.0 Å². The third kappa shape index (κ3) is 3.46. The van der Waals surface area contributed by atoms with Crippen LogP contribution in [0.25, 0.3) is 0 Å². The minimum Gasteiger partial charge on any atom is -0.272 e. The molecule has 13 heavy (non-hydrogen) atoms. The summed E-state index contributed by atoms with van der Waals surface area (Å²) >= 11 is 0. The topological polar surface area (TPSA) is 3.24 Å². The molecule has 0 aliphatic carbocycles. The highest BCUT2D eigenvalue weighted by atomic mass is 19.4. The Bertz CT molecular complexity index is 142. The molecule has 0 aliphatic heterocycles. The molecule has 6 heteroatoms. The van der Waals surface area contributed by atoms with E-state index in [2.05, 4.69) is 0 Å². The van der Waals surface area contributed by atoms with Crippen LogP contribution in [0.15, 0.2) is 0 Å². The minimum absolute atomic E-state index is 0.0498. The Morgan fingerprint density at radius 3 is 1.69 bits per heavy atom. The molecule has 0 saturated carbocycles. The molecule has 0 aromatic heterocycles. The van der Waals surface area contributed by atoms with Crippen molar-refractivity contribution in [3.05, 3.63) is 0 Å². The lowest BCUT2D eigenvalue weighted by Crippen LogP contribution is -2.45. The van der Waals surface area contributed by atoms with Crippen molar-refractivity contribution in [1.82, 2.24) is 4.90 Å². The Morgan fingerprint density at radius 1 is 1.08 bits per heavy atom. The summed E-state index contributed by atoms with van der Waals surface area (Å²) in [5.41, 5.74) is 0. The van der Waals surface area contributed by atoms with E-state index in [-0.39, 0.29) is 13.1 Å². The highest BCUT2D eigenvalue weighted by Gasteiger charge is 2.47. The van der Waals surface area contributed by atoms with E-state index in [9.17, 15) is 22.0 Å². The van der Waals surface area contributed by atoms with Crippen LogP contribution in [-0.4, -0.2) is 36.6 Å². The van der Waals surface area contributed by atoms with Crippen LogP contribution >= 0.6 is 0 Å². The van der Waals surface area contributed by atoms with Gasteiger partial charge in [0.05, 0.1) is 0 Å². The molecule has 1 nitrogen and oxygen atoms in total. The van der Waals surface area contributed by atoms with E-state index in [0.29, 0.717) is 0 Å². The number of hydrogen-bond acceptors (Lipinski definition) is 1. The van der Waals surface area contributed by atoms with Crippen molar-refractivity contribution in [3.63, 3.8) is 0 Å². The molecule has 0 amide bonds. The summed E-state index contributed by atoms with van der Waals surface area (Å²) in [5.74, 6) is 0. The third-order valence-electron chi connectivity index (χ3n) is 1.72. The van der Waals surface area contributed by atoms with E-state index >= 15 is 0 Å². The number of alkyl halides is 5. The molecule has 80 valence electrons. The van der Waals surface area contributed by atoms with E-state index < -0.39 is 18.6 Å². The zero-order chi connectivity index (χ0) is 10.6. The Labute approximate surface area is 73.5 Å². The van der Waals surface area contributed by atoms with Gasteiger partial charge in [0.15, 0.2) is 6.30 Å². The fourth-order valence-electron chi connectivity index (χ4n) is 0.913. The van der Waals surface area contributed by atoms with Crippen molar-refractivity contribution in [2.24, 2.45) is 0 Å². The maximum atomic E-state index is 12.8. The molecule has 0 aliphatic rings. The summed E-state index contributed by atoms with van der Waals surface area (Å²) in [6.07, 6.45) is -11.1. The van der Waals surface area contributed by atoms with Crippen molar-refractivity contribution in [3.8, 4) is 0 Å². The molecule has 0 fully saturated rings. The Hall–Kier alpha value is -0.390. The standard InChI is InChI=1S/C7H12F5N/c1-3-13(4-2)6(9)5(8)7(10,11)12/h5-6H,3-4H2,1-2H3. The lowest BCUT2D eigenvalue weighted by Gasteiger charge is -2.26. The van der Waals surface area contributed by atoms with Gasteiger partial charge in [0.25, 0.3) is 0 Å². The molecule has 2 atom stereocenters. The maximum absolute atomic E-state index is 12.8. The van der Waals surface area contributed by atoms with Gasteiger partial charge in [-0.3, -0.25) is 4.90 Å². The molecule has 2 unspecified atom stereocenters. The molecule has 0 aromatic rings. The van der Waals surface area contributed by atoms with Crippen LogP contribution in [0.2, 0.25) is 0 Å². The van der Waals surface area contributed by atoms with Gasteiger partial charge in [0, 0.05) is 0 Å². The number of nitrogens with zero attached hydrogens (tertiary/aromatic N) is 1. The maximum Gasteiger partial charge on any atom is 0.423 e. The van der Waals surface area contributed by atoms with Crippen LogP contribution in [0, 0.1) is 0 Å². The van der Waals surface area contributed by atoms with E-state index in [4.69, 9.17) is 0 Å². The third-order valence-corrected chi connectivity index (χ3v) is 1.72. The van der Waals surface area contributed by atoms with Gasteiger partial charge in [0.2, 0.25) is 6.17 Å². The average Bonchev–Trinajstić information content (AvgIpc) is 2.03. The largest absolute Gasteiger partial charge is 0.423 e. The molecular formula is C7H12F5N. The average molecular weight is 205 g/mol. The fraction of sp³-hybridized carbons (Fsp3) is 1.00. The van der Waals surface area contributed by atoms with Gasteiger partial charge in [-0.2, -0.15) is 13.2 Å². The fourth-order valence-corrected chi connectivity index (χ4v) is 0.913. The van der Waals surface area contributed by atoms with E-state index in [1.165, 1.54) is 13.8 Å². The molecule has 0 heterocycles. The van der Waals surface area contributed by atoms with Crippen LogP contribution in [-0.2, 0) is 0 Å². The molecule has 0 bridgehead atoms. The minimum atomic E-state index is -5.12. The van der Waals surface area contributed by atoms with E-state index in [1.807, 2.05) is 0 Å². The number of hydrogen-bond donors (Lipinski definition) is 0. The van der Waals surface area contributed by atoms with Gasteiger partial charge in [-0.25, -0.2) is 8.78 Å². The second kappa shape index (κ2) is 4.74. The first kappa shape index (κ1) is 12.6. The Kier molecular flexibility index (Phi) is 4.60. The van der Waals surface area contributed by atoms with Gasteiger partial charge >= 0.3 is 6.18 Å². The molecule has 0 N–H and O–H groups in total. The van der Waals surface area contributed by atoms with Crippen LogP contribution < -0.4 is 0 Å². The first-order valence-electron chi connectivity index (χ1n) is 3.93. The molecule has 0 radical (unpaired) electrons. The molecule has 0 aromatic carbocycles. The van der Waals surface area contributed by atoms with E-state index in [1.54, 1.807) is 0 Å². The zero-order valence-corrected chi connectivity index (χ0v) is 7.41. The van der Waals surface area contributed by atoms with Crippen molar-refractivity contribution in [1.29, 1.82) is 0 Å². The van der Waals surface area contributed by atoms with Gasteiger partial charge in [-0.05, 0) is 13.1 Å². The van der Waals surface area contributed by atoms with Crippen molar-refractivity contribution in [2.45, 2.75) is 32.5 Å². The predicted molar refractivity (Wildman–Crippen MR) is 38.8 cm³/mol. The zero-order valence-electron chi connectivity index (χ0n) is 7.41. The van der Waals surface area contributed by atoms with Crippen LogP contribution in [0.1, 0.15) is 13.8 Å². The van der Waals surface area contributed by atoms with Gasteiger partial charge < -0.3 is 0 Å². The summed E-state index contributed by atoms with van der Waals surface area (Å²) in [7, 11) is 0. The summed E-state index contributed by atoms with van der Waals surface area (Å²) in [6.45, 7) is 3.04. The molecule has 0 spiro atoms. The number of rotatable bonds is 4. The predicted octanol–water partition coefficient (Wildman–Crippen LogP) is 2.52. The quantitative estimate of drug-likeness (QED) is 0.503. The number of halogens is 5. The van der Waals surface area contributed by atoms with Gasteiger partial charge in [0.1, 0.15) is 0 Å². The Balaban J connectivity index is 4.31. The van der Waals surface area contributed by atoms with Crippen molar-refractivity contribution >= 4 is 0 Å². The highest BCUT2D eigenvalue weighted by molar-refractivity contribution is 4.75. The normalized spacial score (nSPS) is 17.5. The lowest BCUT2D eigenvalue weighted by molar-refractivity contribution is -0.212. The SMILES string of the molecule is CCN(CC)C(F)C(F)C(F)(F)F. The second-order valence-corrected chi connectivity index (χ2v) is 2.54. The van der Waals surface area contributed by atoms with Gasteiger partial charge in [-0.15, -0.1) is 0 Å². The summed E-state index contributed by atoms with van der Waals surface area (Å²) in [5, 5.41) is 0. The van der Waals surface area contributed by atoms with Crippen LogP contribution in [0.5, 0.6) is 0 Å². The lowest BCUT2D eigenvalue weighted by atomic mass is 10.3. The van der Waals surface area contributed by atoms with Gasteiger partial charge in [-0.1, -0.05) is 13.8 Å². The first-order valence-corrected chi connectivity index (χ1v) is 3.93. The van der Waals surface area contributed by atoms with E-state index in [0.717, 1.165) is 4.90 Å². The summed E-state index contributed by atoms with van der Waals surface area (Å²) in [6, 6.07) is 0. The van der Waals surface area contributed by atoms with Crippen LogP contribution in [0.4, 0.5) is 22.0 Å². The summed E-state index contributed by atoms with van der Waals surface area (Å²) in [4.78, 5) is 0.776. The molecule has 0 rings (SSSR count). The summed E-state index contributed by atoms with van der Waals surface area (Å²) < 4.78 is 60.2. The first-order chi connectivity index (χ1) is 5.84. The molecular weight excluding hydrogens is 193 g/mol. The highest BCUT2D eigenvalue weighted by Crippen LogP contribution is 2.28. The Morgan fingerprint density at radius 2 is 1.46 bits per heavy atom. The smallest absolute Gasteiger partial charge is 0.272 e. The monoisotopic (exact) mass is 205 g/mol. The van der Waals surface area contributed by atoms with Crippen LogP contribution in [0.3, 0.4) is 0 Å². The second-order valence-electron chi connectivity index (χ2n) is 2.54. The van der Waals surface area contributed by atoms with Crippen molar-refractivity contribution in [2.75, 3.05) is 13.1 Å². The molecule has 0 saturated heterocycles.